The summed E-state index contributed by atoms with van der Waals surface area (Å²) in [7, 11) is 0. The molecule has 3 aromatic heterocycles. The second kappa shape index (κ2) is 8.47. The molecule has 2 amide bonds. The number of amides is 2. The molecule has 34 heavy (non-hydrogen) atoms. The maximum Gasteiger partial charge on any atom is 0.410 e. The quantitative estimate of drug-likeness (QED) is 0.595. The molecule has 3 fully saturated rings. The fourth-order valence-electron chi connectivity index (χ4n) is 3.53. The van der Waals surface area contributed by atoms with E-state index in [4.69, 9.17) is 20.4 Å². The van der Waals surface area contributed by atoms with E-state index in [1.165, 1.54) is 23.0 Å². The Labute approximate surface area is 206 Å². The minimum absolute atomic E-state index is 0.0290. The number of pyridine rings is 1. The van der Waals surface area contributed by atoms with Gasteiger partial charge in [0.25, 0.3) is 0 Å². The highest BCUT2D eigenvalue weighted by molar-refractivity contribution is 5.81. The lowest BCUT2D eigenvalue weighted by Crippen LogP contribution is -2.49. The van der Waals surface area contributed by atoms with Crippen molar-refractivity contribution >= 4 is 23.5 Å². The van der Waals surface area contributed by atoms with Crippen molar-refractivity contribution in [3.8, 4) is 17.0 Å². The van der Waals surface area contributed by atoms with Crippen LogP contribution in [0, 0.1) is 0 Å². The van der Waals surface area contributed by atoms with Crippen molar-refractivity contribution in [2.45, 2.75) is 31.5 Å². The molecule has 1 N–H and O–H groups in total. The Hall–Kier alpha value is -3.89. The zero-order valence-electron chi connectivity index (χ0n) is 25.8. The molecule has 1 atom stereocenters. The maximum absolute atomic E-state index is 13.1. The Morgan fingerprint density at radius 1 is 1.15 bits per heavy atom. The zero-order chi connectivity index (χ0) is 30.2. The minimum atomic E-state index is -3.49. The first-order valence-electron chi connectivity index (χ1n) is 14.7. The van der Waals surface area contributed by atoms with Crippen LogP contribution in [0.3, 0.4) is 0 Å². The van der Waals surface area contributed by atoms with Gasteiger partial charge in [0.15, 0.2) is 5.65 Å². The van der Waals surface area contributed by atoms with Crippen LogP contribution in [-0.2, 0) is 9.53 Å². The van der Waals surface area contributed by atoms with E-state index in [0.29, 0.717) is 17.0 Å². The van der Waals surface area contributed by atoms with Crippen molar-refractivity contribution in [2.24, 2.45) is 0 Å². The number of fused-ring (bicyclic) bond motifs is 1. The Morgan fingerprint density at radius 3 is 2.76 bits per heavy atom. The van der Waals surface area contributed by atoms with E-state index in [2.05, 4.69) is 20.4 Å². The highest BCUT2D eigenvalue weighted by atomic mass is 16.6. The van der Waals surface area contributed by atoms with Crippen molar-refractivity contribution in [3.63, 3.8) is 0 Å². The normalized spacial score (nSPS) is 29.9. The monoisotopic (exact) mass is 471 g/mol. The fourth-order valence-corrected chi connectivity index (χ4v) is 3.53. The second-order valence-corrected chi connectivity index (χ2v) is 7.92. The first-order valence-corrected chi connectivity index (χ1v) is 10.7. The summed E-state index contributed by atoms with van der Waals surface area (Å²) in [6.07, 6.45) is 3.22. The third kappa shape index (κ3) is 4.09. The summed E-state index contributed by atoms with van der Waals surface area (Å²) >= 11 is 0. The van der Waals surface area contributed by atoms with Crippen LogP contribution in [0.25, 0.3) is 16.8 Å². The van der Waals surface area contributed by atoms with Crippen LogP contribution in [0.1, 0.15) is 30.2 Å². The lowest BCUT2D eigenvalue weighted by Gasteiger charge is -2.35. The fraction of sp³-hybridized carbons (Fsp3) is 0.435. The molecular weight excluding hydrogens is 438 g/mol. The lowest BCUT2D eigenvalue weighted by atomic mass is 10.1. The molecule has 0 unspecified atom stereocenters. The van der Waals surface area contributed by atoms with Gasteiger partial charge >= 0.3 is 6.09 Å². The molecule has 11 heteroatoms. The predicted octanol–water partition coefficient (Wildman–Crippen LogP) is 1.48. The summed E-state index contributed by atoms with van der Waals surface area (Å²) in [4.78, 5) is 33.3. The molecule has 1 aliphatic carbocycles. The second-order valence-electron chi connectivity index (χ2n) is 7.92. The average molecular weight is 472 g/mol. The minimum Gasteiger partial charge on any atom is -0.474 e. The van der Waals surface area contributed by atoms with Gasteiger partial charge in [-0.15, -0.1) is 0 Å². The highest BCUT2D eigenvalue weighted by Gasteiger charge is 2.30. The summed E-state index contributed by atoms with van der Waals surface area (Å²) in [5.74, 6) is -0.571. The van der Waals surface area contributed by atoms with Crippen LogP contribution in [0.15, 0.2) is 36.8 Å². The van der Waals surface area contributed by atoms with E-state index in [1.54, 1.807) is 18.3 Å². The molecule has 3 aromatic rings. The summed E-state index contributed by atoms with van der Waals surface area (Å²) in [5.41, 5.74) is 1.05. The number of rotatable bonds is 5. The van der Waals surface area contributed by atoms with Gasteiger partial charge in [-0.05, 0) is 31.0 Å². The Bertz CT molecular complexity index is 1550. The topological polar surface area (TPSA) is 114 Å². The first-order chi connectivity index (χ1) is 19.7. The van der Waals surface area contributed by atoms with Gasteiger partial charge in [0.05, 0.1) is 35.7 Å². The Balaban J connectivity index is 1.42. The molecule has 0 aromatic carbocycles. The van der Waals surface area contributed by atoms with E-state index in [0.717, 1.165) is 12.8 Å². The zero-order valence-corrected chi connectivity index (χ0v) is 17.8. The summed E-state index contributed by atoms with van der Waals surface area (Å²) < 4.78 is 81.4. The SMILES string of the molecule is [2H]C1([2H])N(C(=O)O[C@@H]2CNC(=O)C2)C([2H])([2H])C([2H])([2H])N(c2ccn3ncc(-c4cccnc4OC4CC4)c3n2)C1([2H])[2H]. The first kappa shape index (κ1) is 13.7. The van der Waals surface area contributed by atoms with Crippen LogP contribution in [0.5, 0.6) is 5.88 Å². The van der Waals surface area contributed by atoms with Gasteiger partial charge in [-0.1, -0.05) is 0 Å². The van der Waals surface area contributed by atoms with E-state index >= 15 is 0 Å². The van der Waals surface area contributed by atoms with Crippen molar-refractivity contribution in [2.75, 3.05) is 37.4 Å². The molecule has 5 heterocycles. The van der Waals surface area contributed by atoms with Crippen molar-refractivity contribution in [3.05, 3.63) is 36.8 Å². The van der Waals surface area contributed by atoms with Crippen molar-refractivity contribution in [1.82, 2.24) is 29.8 Å². The lowest BCUT2D eigenvalue weighted by molar-refractivity contribution is -0.119. The molecule has 2 saturated heterocycles. The molecule has 3 aliphatic rings. The number of carbonyl (C=O) groups excluding carboxylic acids is 2. The number of nitrogens with one attached hydrogen (secondary N) is 1. The van der Waals surface area contributed by atoms with Gasteiger partial charge in [-0.25, -0.2) is 19.3 Å². The molecular formula is C23H25N7O4. The number of hydrogen-bond donors (Lipinski definition) is 1. The Kier molecular flexibility index (Phi) is 3.42. The molecule has 2 aliphatic heterocycles. The van der Waals surface area contributed by atoms with E-state index in [-0.39, 0.29) is 34.5 Å². The van der Waals surface area contributed by atoms with Crippen LogP contribution in [-0.4, -0.2) is 81.2 Å². The summed E-state index contributed by atoms with van der Waals surface area (Å²) in [6, 6.07) is 4.57. The Morgan fingerprint density at radius 2 is 2.00 bits per heavy atom. The third-order valence-corrected chi connectivity index (χ3v) is 5.38. The molecule has 0 bridgehead atoms. The number of carbonyl (C=O) groups is 2. The van der Waals surface area contributed by atoms with Crippen LogP contribution < -0.4 is 15.0 Å². The molecule has 0 radical (unpaired) electrons. The standard InChI is InChI=1S/C23H25N7O4/c31-20-12-16(13-25-20)34-23(32)29-10-8-28(9-11-29)19-5-7-30-21(27-19)18(14-26-30)17-2-1-6-24-22(17)33-15-3-4-15/h1-2,5-7,14-16H,3-4,8-13H2,(H,25,31)/t16-/m0/s1/i8D2,9D2,10D2,11D2. The van der Waals surface area contributed by atoms with E-state index in [9.17, 15) is 9.59 Å². The molecule has 11 nitrogen and oxygen atoms in total. The van der Waals surface area contributed by atoms with E-state index in [1.807, 2.05) is 0 Å². The number of piperazine rings is 1. The smallest absolute Gasteiger partial charge is 0.410 e. The van der Waals surface area contributed by atoms with Gasteiger partial charge in [0.2, 0.25) is 11.8 Å². The molecule has 176 valence electrons. The number of anilines is 1. The van der Waals surface area contributed by atoms with Gasteiger partial charge < -0.3 is 24.6 Å². The average Bonchev–Trinajstić information content (AvgIpc) is 3.47. The van der Waals surface area contributed by atoms with Crippen LogP contribution >= 0.6 is 0 Å². The maximum atomic E-state index is 13.1. The third-order valence-electron chi connectivity index (χ3n) is 5.38. The number of nitrogens with zero attached hydrogens (tertiary/aromatic N) is 6. The number of ether oxygens (including phenoxy) is 2. The number of aromatic nitrogens is 4. The molecule has 1 saturated carbocycles. The van der Waals surface area contributed by atoms with Gasteiger partial charge in [-0.2, -0.15) is 5.10 Å². The highest BCUT2D eigenvalue weighted by Crippen LogP contribution is 2.35. The molecule has 6 rings (SSSR count). The van der Waals surface area contributed by atoms with E-state index < -0.39 is 49.9 Å². The largest absolute Gasteiger partial charge is 0.474 e. The van der Waals surface area contributed by atoms with Crippen molar-refractivity contribution in [1.29, 1.82) is 0 Å². The van der Waals surface area contributed by atoms with Gasteiger partial charge in [0, 0.05) is 43.9 Å². The predicted molar refractivity (Wildman–Crippen MR) is 122 cm³/mol. The molecule has 0 spiro atoms. The summed E-state index contributed by atoms with van der Waals surface area (Å²) in [5, 5.41) is 6.67. The van der Waals surface area contributed by atoms with Gasteiger partial charge in [-0.3, -0.25) is 4.79 Å². The van der Waals surface area contributed by atoms with Crippen LogP contribution in [0.4, 0.5) is 10.6 Å². The van der Waals surface area contributed by atoms with Crippen molar-refractivity contribution < 1.29 is 30.0 Å². The van der Waals surface area contributed by atoms with Gasteiger partial charge in [0.1, 0.15) is 18.0 Å². The summed E-state index contributed by atoms with van der Waals surface area (Å²) in [6.45, 7) is -13.8. The number of hydrogen-bond acceptors (Lipinski definition) is 8. The van der Waals surface area contributed by atoms with Crippen LogP contribution in [0.2, 0.25) is 0 Å².